The number of benzene rings is 2. The Morgan fingerprint density at radius 2 is 2.00 bits per heavy atom. The van der Waals surface area contributed by atoms with Crippen molar-refractivity contribution >= 4 is 16.9 Å². The molecular formula is C28H37N5O2. The molecule has 186 valence electrons. The number of nitrogens with two attached hydrogens (primary N) is 1. The van der Waals surface area contributed by atoms with Crippen molar-refractivity contribution in [2.75, 3.05) is 7.11 Å². The van der Waals surface area contributed by atoms with Crippen LogP contribution in [0.1, 0.15) is 64.0 Å². The minimum Gasteiger partial charge on any atom is -0.496 e. The number of hydrogen-bond acceptors (Lipinski definition) is 5. The Morgan fingerprint density at radius 3 is 2.69 bits per heavy atom. The van der Waals surface area contributed by atoms with Gasteiger partial charge in [-0.15, -0.1) is 0 Å². The van der Waals surface area contributed by atoms with Gasteiger partial charge in [-0.25, -0.2) is 4.98 Å². The lowest BCUT2D eigenvalue weighted by Crippen LogP contribution is -2.48. The first kappa shape index (κ1) is 24.9. The molecule has 0 spiro atoms. The number of H-pyrrole nitrogens is 1. The highest BCUT2D eigenvalue weighted by atomic mass is 16.5. The topological polar surface area (TPSA) is 108 Å². The number of piperidine rings is 1. The number of ether oxygens (including phenoxy) is 1. The fraction of sp³-hybridized carbons (Fsp3) is 0.464. The molecule has 1 saturated heterocycles. The number of rotatable bonds is 8. The maximum absolute atomic E-state index is 13.1. The lowest BCUT2D eigenvalue weighted by molar-refractivity contribution is 0.0580. The van der Waals surface area contributed by atoms with Crippen LogP contribution in [-0.2, 0) is 6.42 Å². The van der Waals surface area contributed by atoms with Gasteiger partial charge in [0.15, 0.2) is 0 Å². The van der Waals surface area contributed by atoms with Crippen molar-refractivity contribution in [1.82, 2.24) is 14.9 Å². The van der Waals surface area contributed by atoms with Gasteiger partial charge in [-0.1, -0.05) is 24.6 Å². The number of nitrogens with zero attached hydrogens (tertiary/aromatic N) is 2. The van der Waals surface area contributed by atoms with Crippen molar-refractivity contribution in [3.05, 3.63) is 57.9 Å². The zero-order valence-electron chi connectivity index (χ0n) is 21.2. The van der Waals surface area contributed by atoms with Gasteiger partial charge in [0.25, 0.3) is 5.56 Å². The predicted octanol–water partition coefficient (Wildman–Crippen LogP) is 4.86. The SMILES string of the molecule is COc1ccc2nc(-c3cccc(C(=N)N)c3)c(=O)[nH]c2c1CCCC(C)N1C(C)CCCC1C. The number of nitrogens with one attached hydrogen (secondary N) is 2. The summed E-state index contributed by atoms with van der Waals surface area (Å²) in [5, 5.41) is 7.69. The van der Waals surface area contributed by atoms with Crippen molar-refractivity contribution in [3.8, 4) is 17.0 Å². The molecule has 2 heterocycles. The third-order valence-electron chi connectivity index (χ3n) is 7.42. The fourth-order valence-corrected chi connectivity index (χ4v) is 5.70. The molecule has 3 unspecified atom stereocenters. The van der Waals surface area contributed by atoms with Crippen LogP contribution in [-0.4, -0.2) is 45.9 Å². The van der Waals surface area contributed by atoms with Crippen molar-refractivity contribution in [2.45, 2.75) is 77.4 Å². The van der Waals surface area contributed by atoms with Gasteiger partial charge in [0.2, 0.25) is 0 Å². The van der Waals surface area contributed by atoms with Gasteiger partial charge in [0.1, 0.15) is 17.3 Å². The zero-order valence-corrected chi connectivity index (χ0v) is 21.2. The molecule has 3 aromatic rings. The molecule has 3 atom stereocenters. The predicted molar refractivity (Wildman–Crippen MR) is 142 cm³/mol. The second-order valence-electron chi connectivity index (χ2n) is 9.87. The lowest BCUT2D eigenvalue weighted by Gasteiger charge is -2.43. The van der Waals surface area contributed by atoms with Crippen molar-refractivity contribution in [1.29, 1.82) is 5.41 Å². The molecule has 7 nitrogen and oxygen atoms in total. The highest BCUT2D eigenvalue weighted by molar-refractivity contribution is 5.96. The van der Waals surface area contributed by atoms with E-state index in [9.17, 15) is 4.79 Å². The van der Waals surface area contributed by atoms with Gasteiger partial charge in [0, 0.05) is 34.8 Å². The normalized spacial score (nSPS) is 19.5. The number of amidine groups is 1. The van der Waals surface area contributed by atoms with E-state index in [4.69, 9.17) is 20.9 Å². The molecule has 1 aliphatic rings. The molecule has 2 aromatic carbocycles. The van der Waals surface area contributed by atoms with E-state index in [1.165, 1.54) is 19.3 Å². The van der Waals surface area contributed by atoms with E-state index >= 15 is 0 Å². The molecule has 0 amide bonds. The van der Waals surface area contributed by atoms with Crippen LogP contribution in [0.25, 0.3) is 22.3 Å². The second-order valence-corrected chi connectivity index (χ2v) is 9.87. The first-order chi connectivity index (χ1) is 16.8. The number of hydrogen-bond donors (Lipinski definition) is 3. The van der Waals surface area contributed by atoms with Gasteiger partial charge in [-0.3, -0.25) is 15.1 Å². The molecule has 0 radical (unpaired) electrons. The monoisotopic (exact) mass is 475 g/mol. The lowest BCUT2D eigenvalue weighted by atomic mass is 9.93. The number of fused-ring (bicyclic) bond motifs is 1. The van der Waals surface area contributed by atoms with Gasteiger partial charge in [-0.05, 0) is 71.1 Å². The summed E-state index contributed by atoms with van der Waals surface area (Å²) in [5.41, 5.74) is 9.32. The van der Waals surface area contributed by atoms with E-state index in [-0.39, 0.29) is 11.4 Å². The van der Waals surface area contributed by atoms with E-state index in [1.54, 1.807) is 25.3 Å². The average Bonchev–Trinajstić information content (AvgIpc) is 2.83. The van der Waals surface area contributed by atoms with E-state index in [0.29, 0.717) is 34.9 Å². The van der Waals surface area contributed by atoms with Gasteiger partial charge in [-0.2, -0.15) is 0 Å². The number of aryl methyl sites for hydroxylation is 1. The van der Waals surface area contributed by atoms with Crippen LogP contribution in [0.3, 0.4) is 0 Å². The van der Waals surface area contributed by atoms with Crippen molar-refractivity contribution in [2.24, 2.45) is 5.73 Å². The summed E-state index contributed by atoms with van der Waals surface area (Å²) in [5.74, 6) is 0.729. The van der Waals surface area contributed by atoms with Gasteiger partial charge < -0.3 is 15.5 Å². The quantitative estimate of drug-likeness (QED) is 0.319. The third-order valence-corrected chi connectivity index (χ3v) is 7.42. The van der Waals surface area contributed by atoms with Crippen LogP contribution in [0, 0.1) is 5.41 Å². The minimum atomic E-state index is -0.267. The third kappa shape index (κ3) is 5.25. The van der Waals surface area contributed by atoms with Crippen LogP contribution < -0.4 is 16.0 Å². The van der Waals surface area contributed by atoms with Crippen LogP contribution in [0.5, 0.6) is 5.75 Å². The molecule has 0 bridgehead atoms. The molecule has 1 aliphatic heterocycles. The number of aromatic nitrogens is 2. The van der Waals surface area contributed by atoms with Gasteiger partial charge >= 0.3 is 0 Å². The van der Waals surface area contributed by atoms with E-state index in [1.807, 2.05) is 18.2 Å². The Kier molecular flexibility index (Phi) is 7.55. The summed E-state index contributed by atoms with van der Waals surface area (Å²) in [6.45, 7) is 7.03. The molecule has 1 aromatic heterocycles. The second kappa shape index (κ2) is 10.6. The highest BCUT2D eigenvalue weighted by Gasteiger charge is 2.28. The Bertz CT molecular complexity index is 1260. The average molecular weight is 476 g/mol. The number of aromatic amines is 1. The molecule has 7 heteroatoms. The largest absolute Gasteiger partial charge is 0.496 e. The van der Waals surface area contributed by atoms with Gasteiger partial charge in [0.05, 0.1) is 18.1 Å². The summed E-state index contributed by atoms with van der Waals surface area (Å²) in [7, 11) is 1.66. The molecular weight excluding hydrogens is 438 g/mol. The smallest absolute Gasteiger partial charge is 0.274 e. The van der Waals surface area contributed by atoms with Crippen LogP contribution in [0.4, 0.5) is 0 Å². The highest BCUT2D eigenvalue weighted by Crippen LogP contribution is 2.30. The summed E-state index contributed by atoms with van der Waals surface area (Å²) in [4.78, 5) is 23.5. The molecule has 4 N–H and O–H groups in total. The molecule has 1 fully saturated rings. The molecule has 35 heavy (non-hydrogen) atoms. The van der Waals surface area contributed by atoms with Crippen molar-refractivity contribution < 1.29 is 4.74 Å². The summed E-state index contributed by atoms with van der Waals surface area (Å²) in [6, 6.07) is 12.6. The van der Waals surface area contributed by atoms with E-state index in [2.05, 4.69) is 30.7 Å². The van der Waals surface area contributed by atoms with Crippen molar-refractivity contribution in [3.63, 3.8) is 0 Å². The number of nitrogen functional groups attached to an aromatic ring is 1. The fourth-order valence-electron chi connectivity index (χ4n) is 5.70. The maximum atomic E-state index is 13.1. The summed E-state index contributed by atoms with van der Waals surface area (Å²) < 4.78 is 5.66. The van der Waals surface area contributed by atoms with Crippen LogP contribution in [0.2, 0.25) is 0 Å². The van der Waals surface area contributed by atoms with E-state index < -0.39 is 0 Å². The number of likely N-dealkylation sites (tertiary alicyclic amines) is 1. The zero-order chi connectivity index (χ0) is 25.1. The summed E-state index contributed by atoms with van der Waals surface area (Å²) in [6.07, 6.45) is 6.75. The Morgan fingerprint density at radius 1 is 1.26 bits per heavy atom. The molecule has 0 saturated carbocycles. The number of methoxy groups -OCH3 is 1. The standard InChI is InChI=1S/C28H37N5O2/c1-17-8-5-9-18(2)33(17)19(3)10-6-13-22-24(35-4)15-14-23-26(22)32-28(34)25(31-23)20-11-7-12-21(16-20)27(29)30/h7,11-12,14-19H,5-6,8-10,13H2,1-4H3,(H3,29,30)(H,32,34). The van der Waals surface area contributed by atoms with Crippen LogP contribution >= 0.6 is 0 Å². The van der Waals surface area contributed by atoms with E-state index in [0.717, 1.165) is 41.6 Å². The van der Waals surface area contributed by atoms with Crippen LogP contribution in [0.15, 0.2) is 41.2 Å². The Labute approximate surface area is 207 Å². The molecule has 0 aliphatic carbocycles. The maximum Gasteiger partial charge on any atom is 0.274 e. The first-order valence-corrected chi connectivity index (χ1v) is 12.6. The summed E-state index contributed by atoms with van der Waals surface area (Å²) >= 11 is 0. The Hall–Kier alpha value is -3.19. The molecule has 4 rings (SSSR count). The Balaban J connectivity index is 1.60. The minimum absolute atomic E-state index is 0.0429. The first-order valence-electron chi connectivity index (χ1n) is 12.6.